The zero-order valence-corrected chi connectivity index (χ0v) is 11.2. The van der Waals surface area contributed by atoms with Crippen LogP contribution in [0.5, 0.6) is 0 Å². The maximum Gasteiger partial charge on any atom is 0.182 e. The van der Waals surface area contributed by atoms with E-state index in [1.54, 1.807) is 12.7 Å². The Hall–Kier alpha value is -1.30. The second-order valence-corrected chi connectivity index (χ2v) is 5.83. The van der Waals surface area contributed by atoms with Gasteiger partial charge in [-0.25, -0.2) is 15.0 Å². The van der Waals surface area contributed by atoms with Gasteiger partial charge in [0.1, 0.15) is 11.8 Å². The molecule has 18 heavy (non-hydrogen) atoms. The van der Waals surface area contributed by atoms with Gasteiger partial charge in [-0.1, -0.05) is 6.42 Å². The molecule has 96 valence electrons. The number of nitrogens with one attached hydrogen (secondary N) is 2. The van der Waals surface area contributed by atoms with E-state index in [1.807, 2.05) is 11.8 Å². The lowest BCUT2D eigenvalue weighted by Crippen LogP contribution is -2.29. The lowest BCUT2D eigenvalue weighted by Gasteiger charge is -2.29. The third-order valence-electron chi connectivity index (χ3n) is 3.52. The first-order valence-electron chi connectivity index (χ1n) is 6.30. The highest BCUT2D eigenvalue weighted by atomic mass is 32.2. The number of nitrogens with zero attached hydrogens (tertiary/aromatic N) is 3. The minimum Gasteiger partial charge on any atom is -0.365 e. The molecule has 3 rings (SSSR count). The number of hydrogen-bond acceptors (Lipinski definition) is 5. The van der Waals surface area contributed by atoms with Gasteiger partial charge in [0.25, 0.3) is 0 Å². The molecule has 2 N–H and O–H groups in total. The van der Waals surface area contributed by atoms with Crippen molar-refractivity contribution in [3.63, 3.8) is 0 Å². The number of fused-ring (bicyclic) bond motifs is 1. The number of thioether (sulfide) groups is 1. The average molecular weight is 263 g/mol. The molecule has 2 unspecified atom stereocenters. The van der Waals surface area contributed by atoms with Crippen LogP contribution in [-0.2, 0) is 0 Å². The van der Waals surface area contributed by atoms with E-state index in [1.165, 1.54) is 25.7 Å². The molecule has 6 heteroatoms. The summed E-state index contributed by atoms with van der Waals surface area (Å²) in [7, 11) is 0. The molecular formula is C12H17N5S. The van der Waals surface area contributed by atoms with E-state index < -0.39 is 0 Å². The Balaban J connectivity index is 1.77. The van der Waals surface area contributed by atoms with Gasteiger partial charge in [0, 0.05) is 11.3 Å². The van der Waals surface area contributed by atoms with Crippen LogP contribution in [0.4, 0.5) is 5.82 Å². The highest BCUT2D eigenvalue weighted by molar-refractivity contribution is 7.99. The largest absolute Gasteiger partial charge is 0.365 e. The van der Waals surface area contributed by atoms with E-state index in [4.69, 9.17) is 0 Å². The number of H-pyrrole nitrogens is 1. The zero-order chi connectivity index (χ0) is 12.4. The molecule has 5 nitrogen and oxygen atoms in total. The number of rotatable bonds is 3. The Labute approximate surface area is 110 Å². The normalized spacial score (nSPS) is 24.3. The van der Waals surface area contributed by atoms with E-state index in [2.05, 4.69) is 31.5 Å². The summed E-state index contributed by atoms with van der Waals surface area (Å²) in [4.78, 5) is 15.7. The van der Waals surface area contributed by atoms with Crippen molar-refractivity contribution in [2.45, 2.75) is 37.0 Å². The molecule has 0 aromatic carbocycles. The molecule has 2 heterocycles. The Morgan fingerprint density at radius 1 is 1.33 bits per heavy atom. The molecule has 0 bridgehead atoms. The van der Waals surface area contributed by atoms with Crippen LogP contribution in [0.2, 0.25) is 0 Å². The Bertz CT molecular complexity index is 526. The van der Waals surface area contributed by atoms with Gasteiger partial charge in [0.15, 0.2) is 11.5 Å². The van der Waals surface area contributed by atoms with Gasteiger partial charge in [0.2, 0.25) is 0 Å². The summed E-state index contributed by atoms with van der Waals surface area (Å²) in [5.41, 5.74) is 1.63. The quantitative estimate of drug-likeness (QED) is 0.890. The summed E-state index contributed by atoms with van der Waals surface area (Å²) >= 11 is 1.97. The van der Waals surface area contributed by atoms with Gasteiger partial charge in [0.05, 0.1) is 6.33 Å². The maximum atomic E-state index is 4.32. The summed E-state index contributed by atoms with van der Waals surface area (Å²) in [6, 6.07) is 0.512. The third kappa shape index (κ3) is 2.29. The molecule has 1 saturated carbocycles. The molecule has 1 aliphatic carbocycles. The van der Waals surface area contributed by atoms with Crippen LogP contribution in [0, 0.1) is 0 Å². The number of hydrogen-bond donors (Lipinski definition) is 2. The van der Waals surface area contributed by atoms with E-state index in [9.17, 15) is 0 Å². The van der Waals surface area contributed by atoms with Gasteiger partial charge in [-0.2, -0.15) is 11.8 Å². The second kappa shape index (κ2) is 5.14. The predicted octanol–water partition coefficient (Wildman–Crippen LogP) is 2.44. The minimum absolute atomic E-state index is 0.512. The van der Waals surface area contributed by atoms with Gasteiger partial charge in [-0.15, -0.1) is 0 Å². The lowest BCUT2D eigenvalue weighted by molar-refractivity contribution is 0.473. The zero-order valence-electron chi connectivity index (χ0n) is 10.4. The molecule has 2 aromatic heterocycles. The smallest absolute Gasteiger partial charge is 0.182 e. The van der Waals surface area contributed by atoms with Crippen LogP contribution in [0.1, 0.15) is 25.7 Å². The fourth-order valence-corrected chi connectivity index (χ4v) is 3.39. The molecule has 1 fully saturated rings. The van der Waals surface area contributed by atoms with E-state index in [-0.39, 0.29) is 0 Å². The molecule has 1 aliphatic rings. The van der Waals surface area contributed by atoms with Crippen LogP contribution in [-0.4, -0.2) is 37.5 Å². The molecule has 0 radical (unpaired) electrons. The molecule has 0 aliphatic heterocycles. The monoisotopic (exact) mass is 263 g/mol. The molecule has 0 amide bonds. The van der Waals surface area contributed by atoms with Crippen LogP contribution in [0.3, 0.4) is 0 Å². The van der Waals surface area contributed by atoms with Gasteiger partial charge >= 0.3 is 0 Å². The van der Waals surface area contributed by atoms with E-state index >= 15 is 0 Å². The summed E-state index contributed by atoms with van der Waals surface area (Å²) in [5, 5.41) is 4.31. The van der Waals surface area contributed by atoms with Crippen molar-refractivity contribution in [1.82, 2.24) is 19.9 Å². The minimum atomic E-state index is 0.512. The predicted molar refractivity (Wildman–Crippen MR) is 74.9 cm³/mol. The van der Waals surface area contributed by atoms with Crippen molar-refractivity contribution in [1.29, 1.82) is 0 Å². The lowest BCUT2D eigenvalue weighted by atomic mass is 9.95. The summed E-state index contributed by atoms with van der Waals surface area (Å²) < 4.78 is 0. The summed E-state index contributed by atoms with van der Waals surface area (Å²) in [6.45, 7) is 0. The Kier molecular flexibility index (Phi) is 3.36. The van der Waals surface area contributed by atoms with Crippen molar-refractivity contribution >= 4 is 28.7 Å². The molecule has 2 aromatic rings. The second-order valence-electron chi connectivity index (χ2n) is 4.69. The summed E-state index contributed by atoms with van der Waals surface area (Å²) in [6.07, 6.45) is 10.5. The average Bonchev–Trinajstić information content (AvgIpc) is 2.88. The fraction of sp³-hybridized carbons (Fsp3) is 0.583. The van der Waals surface area contributed by atoms with E-state index in [0.717, 1.165) is 22.2 Å². The first-order valence-corrected chi connectivity index (χ1v) is 7.59. The molecule has 2 atom stereocenters. The number of imidazole rings is 1. The highest BCUT2D eigenvalue weighted by Gasteiger charge is 2.22. The molecular weight excluding hydrogens is 246 g/mol. The number of anilines is 1. The van der Waals surface area contributed by atoms with Gasteiger partial charge in [-0.3, -0.25) is 0 Å². The Morgan fingerprint density at radius 2 is 2.28 bits per heavy atom. The van der Waals surface area contributed by atoms with Crippen LogP contribution in [0.25, 0.3) is 11.2 Å². The topological polar surface area (TPSA) is 66.5 Å². The SMILES string of the molecule is CSC1CCCC(Nc2ncnc3nc[nH]c23)C1. The van der Waals surface area contributed by atoms with Crippen molar-refractivity contribution in [2.24, 2.45) is 0 Å². The molecule has 0 saturated heterocycles. The van der Waals surface area contributed by atoms with Crippen molar-refractivity contribution < 1.29 is 0 Å². The van der Waals surface area contributed by atoms with Gasteiger partial charge in [-0.05, 0) is 25.5 Å². The van der Waals surface area contributed by atoms with Crippen LogP contribution >= 0.6 is 11.8 Å². The van der Waals surface area contributed by atoms with Gasteiger partial charge < -0.3 is 10.3 Å². The number of aromatic nitrogens is 4. The Morgan fingerprint density at radius 3 is 3.17 bits per heavy atom. The first kappa shape index (κ1) is 11.8. The first-order chi connectivity index (χ1) is 8.86. The van der Waals surface area contributed by atoms with Crippen molar-refractivity contribution in [2.75, 3.05) is 11.6 Å². The number of aromatic amines is 1. The highest BCUT2D eigenvalue weighted by Crippen LogP contribution is 2.29. The third-order valence-corrected chi connectivity index (χ3v) is 4.62. The van der Waals surface area contributed by atoms with Crippen molar-refractivity contribution in [3.8, 4) is 0 Å². The standard InChI is InChI=1S/C12H17N5S/c1-18-9-4-2-3-8(5-9)17-12-10-11(14-6-13-10)15-7-16-12/h6-9H,2-5H2,1H3,(H2,13,14,15,16,17). The van der Waals surface area contributed by atoms with Crippen molar-refractivity contribution in [3.05, 3.63) is 12.7 Å². The molecule has 0 spiro atoms. The van der Waals surface area contributed by atoms with Crippen LogP contribution in [0.15, 0.2) is 12.7 Å². The maximum absolute atomic E-state index is 4.32. The van der Waals surface area contributed by atoms with Crippen LogP contribution < -0.4 is 5.32 Å². The summed E-state index contributed by atoms with van der Waals surface area (Å²) in [5.74, 6) is 0.879. The van der Waals surface area contributed by atoms with E-state index in [0.29, 0.717) is 6.04 Å². The fourth-order valence-electron chi connectivity index (χ4n) is 2.56.